The van der Waals surface area contributed by atoms with Crippen molar-refractivity contribution in [3.05, 3.63) is 57.6 Å². The molecule has 7 heteroatoms. The Balaban J connectivity index is 1.65. The Morgan fingerprint density at radius 1 is 1.31 bits per heavy atom. The van der Waals surface area contributed by atoms with E-state index in [-0.39, 0.29) is 24.7 Å². The molecular weight excluding hydrogens is 411 g/mol. The van der Waals surface area contributed by atoms with Gasteiger partial charge in [0.05, 0.1) is 6.04 Å². The number of halogens is 2. The fourth-order valence-corrected chi connectivity index (χ4v) is 4.97. The van der Waals surface area contributed by atoms with Crippen molar-refractivity contribution in [1.82, 2.24) is 4.90 Å². The average Bonchev–Trinajstić information content (AvgIpc) is 3.27. The molecule has 1 amide bonds. The van der Waals surface area contributed by atoms with Crippen molar-refractivity contribution < 1.29 is 14.6 Å². The second-order valence-electron chi connectivity index (χ2n) is 7.81. The Hall–Kier alpha value is -1.79. The van der Waals surface area contributed by atoms with Gasteiger partial charge in [-0.1, -0.05) is 29.3 Å². The van der Waals surface area contributed by atoms with Crippen molar-refractivity contribution in [1.29, 1.82) is 0 Å². The standard InChI is InChI=1S/C22H24Cl2N2O3/c1-13(28)25-16-3-2-4-17(9-16)29-22-19-7-15(23)8-20(24)18(19)10-21(22)26-6-5-14(11-26)12-27/h2-4,7-9,14,21-22,27H,5-6,10-12H2,1H3,(H,25,28)/t14-,21-,22+/m1/s1. The summed E-state index contributed by atoms with van der Waals surface area (Å²) in [6.07, 6.45) is 1.52. The number of nitrogens with zero attached hydrogens (tertiary/aromatic N) is 1. The predicted molar refractivity (Wildman–Crippen MR) is 115 cm³/mol. The molecular formula is C22H24Cl2N2O3. The molecule has 1 aliphatic carbocycles. The van der Waals surface area contributed by atoms with E-state index in [0.717, 1.165) is 37.1 Å². The van der Waals surface area contributed by atoms with E-state index in [1.807, 2.05) is 30.3 Å². The van der Waals surface area contributed by atoms with Crippen LogP contribution in [0.5, 0.6) is 5.75 Å². The van der Waals surface area contributed by atoms with Gasteiger partial charge >= 0.3 is 0 Å². The quantitative estimate of drug-likeness (QED) is 0.735. The third kappa shape index (κ3) is 4.38. The van der Waals surface area contributed by atoms with Crippen LogP contribution in [-0.2, 0) is 11.2 Å². The third-order valence-electron chi connectivity index (χ3n) is 5.73. The van der Waals surface area contributed by atoms with Crippen LogP contribution >= 0.6 is 23.2 Å². The topological polar surface area (TPSA) is 61.8 Å². The zero-order valence-corrected chi connectivity index (χ0v) is 17.7. The van der Waals surface area contributed by atoms with Crippen molar-refractivity contribution >= 4 is 34.8 Å². The molecule has 29 heavy (non-hydrogen) atoms. The summed E-state index contributed by atoms with van der Waals surface area (Å²) in [5.74, 6) is 0.839. The molecule has 0 radical (unpaired) electrons. The minimum Gasteiger partial charge on any atom is -0.484 e. The number of hydrogen-bond acceptors (Lipinski definition) is 4. The molecule has 0 bridgehead atoms. The number of fused-ring (bicyclic) bond motifs is 1. The van der Waals surface area contributed by atoms with Crippen molar-refractivity contribution in [2.45, 2.75) is 31.9 Å². The summed E-state index contributed by atoms with van der Waals surface area (Å²) in [6.45, 7) is 3.44. The van der Waals surface area contributed by atoms with Crippen LogP contribution < -0.4 is 10.1 Å². The maximum absolute atomic E-state index is 11.4. The smallest absolute Gasteiger partial charge is 0.221 e. The van der Waals surface area contributed by atoms with E-state index in [4.69, 9.17) is 27.9 Å². The Morgan fingerprint density at radius 2 is 2.14 bits per heavy atom. The molecule has 1 fully saturated rings. The lowest BCUT2D eigenvalue weighted by Gasteiger charge is -2.30. The first-order valence-corrected chi connectivity index (χ1v) is 10.6. The fourth-order valence-electron chi connectivity index (χ4n) is 4.39. The first kappa shape index (κ1) is 20.5. The summed E-state index contributed by atoms with van der Waals surface area (Å²) in [5, 5.41) is 13.6. The van der Waals surface area contributed by atoms with Gasteiger partial charge in [0.25, 0.3) is 0 Å². The van der Waals surface area contributed by atoms with E-state index in [1.54, 1.807) is 6.07 Å². The Kier molecular flexibility index (Phi) is 6.02. The van der Waals surface area contributed by atoms with Gasteiger partial charge in [-0.3, -0.25) is 9.69 Å². The second-order valence-corrected chi connectivity index (χ2v) is 8.65. The zero-order valence-electron chi connectivity index (χ0n) is 16.2. The van der Waals surface area contributed by atoms with Crippen molar-refractivity contribution in [2.75, 3.05) is 25.0 Å². The number of carbonyl (C=O) groups is 1. The number of ether oxygens (including phenoxy) is 1. The summed E-state index contributed by atoms with van der Waals surface area (Å²) < 4.78 is 6.46. The van der Waals surface area contributed by atoms with Crippen LogP contribution in [0, 0.1) is 5.92 Å². The van der Waals surface area contributed by atoms with Crippen molar-refractivity contribution in [3.8, 4) is 5.75 Å². The van der Waals surface area contributed by atoms with Crippen molar-refractivity contribution in [3.63, 3.8) is 0 Å². The second kappa shape index (κ2) is 8.52. The van der Waals surface area contributed by atoms with Crippen LogP contribution in [0.2, 0.25) is 10.0 Å². The highest BCUT2D eigenvalue weighted by atomic mass is 35.5. The lowest BCUT2D eigenvalue weighted by atomic mass is 10.1. The molecule has 2 aliphatic rings. The number of nitrogens with one attached hydrogen (secondary N) is 1. The van der Waals surface area contributed by atoms with E-state index in [2.05, 4.69) is 10.2 Å². The summed E-state index contributed by atoms with van der Waals surface area (Å²) in [6, 6.07) is 11.2. The molecule has 4 rings (SSSR count). The monoisotopic (exact) mass is 434 g/mol. The number of hydrogen-bond donors (Lipinski definition) is 2. The van der Waals surface area contributed by atoms with Crippen LogP contribution in [0.1, 0.15) is 30.6 Å². The van der Waals surface area contributed by atoms with E-state index < -0.39 is 0 Å². The summed E-state index contributed by atoms with van der Waals surface area (Å²) in [7, 11) is 0. The molecule has 1 saturated heterocycles. The van der Waals surface area contributed by atoms with Crippen LogP contribution in [0.4, 0.5) is 5.69 Å². The fraction of sp³-hybridized carbons (Fsp3) is 0.409. The van der Waals surface area contributed by atoms with Gasteiger partial charge in [-0.15, -0.1) is 0 Å². The van der Waals surface area contributed by atoms with Crippen LogP contribution in [0.25, 0.3) is 0 Å². The molecule has 0 unspecified atom stereocenters. The van der Waals surface area contributed by atoms with Gasteiger partial charge < -0.3 is 15.2 Å². The molecule has 1 aliphatic heterocycles. The molecule has 2 N–H and O–H groups in total. The SMILES string of the molecule is CC(=O)Nc1cccc(O[C@H]2c3cc(Cl)cc(Cl)c3C[C@H]2N2CC[C@@H](CO)C2)c1. The third-order valence-corrected chi connectivity index (χ3v) is 6.28. The first-order chi connectivity index (χ1) is 13.9. The minimum atomic E-state index is -0.230. The first-order valence-electron chi connectivity index (χ1n) is 9.81. The normalized spacial score (nSPS) is 23.8. The summed E-state index contributed by atoms with van der Waals surface area (Å²) in [5.41, 5.74) is 2.76. The lowest BCUT2D eigenvalue weighted by molar-refractivity contribution is -0.114. The van der Waals surface area contributed by atoms with Gasteiger partial charge in [-0.25, -0.2) is 0 Å². The zero-order chi connectivity index (χ0) is 20.5. The maximum atomic E-state index is 11.4. The van der Waals surface area contributed by atoms with E-state index in [9.17, 15) is 9.90 Å². The highest BCUT2D eigenvalue weighted by Gasteiger charge is 2.41. The molecule has 2 aromatic carbocycles. The number of anilines is 1. The Labute approximate surface area is 180 Å². The number of aliphatic hydroxyl groups is 1. The van der Waals surface area contributed by atoms with Gasteiger partial charge in [-0.2, -0.15) is 0 Å². The number of rotatable bonds is 5. The predicted octanol–water partition coefficient (Wildman–Crippen LogP) is 4.31. The summed E-state index contributed by atoms with van der Waals surface area (Å²) >= 11 is 12.8. The molecule has 5 nitrogen and oxygen atoms in total. The Morgan fingerprint density at radius 3 is 2.86 bits per heavy atom. The van der Waals surface area contributed by atoms with Gasteiger partial charge in [0.2, 0.25) is 5.91 Å². The molecule has 0 aromatic heterocycles. The minimum absolute atomic E-state index is 0.113. The highest BCUT2D eigenvalue weighted by molar-refractivity contribution is 6.35. The van der Waals surface area contributed by atoms with Crippen LogP contribution in [0.3, 0.4) is 0 Å². The van der Waals surface area contributed by atoms with Gasteiger partial charge in [0, 0.05) is 47.4 Å². The van der Waals surface area contributed by atoms with Crippen molar-refractivity contribution in [2.24, 2.45) is 5.92 Å². The number of carbonyl (C=O) groups excluding carboxylic acids is 1. The number of amides is 1. The average molecular weight is 435 g/mol. The maximum Gasteiger partial charge on any atom is 0.221 e. The van der Waals surface area contributed by atoms with Gasteiger partial charge in [0.15, 0.2) is 0 Å². The van der Waals surface area contributed by atoms with E-state index in [1.165, 1.54) is 6.92 Å². The largest absolute Gasteiger partial charge is 0.484 e. The number of aliphatic hydroxyl groups excluding tert-OH is 1. The number of likely N-dealkylation sites (tertiary alicyclic amines) is 1. The molecule has 154 valence electrons. The number of benzene rings is 2. The molecule has 0 saturated carbocycles. The summed E-state index contributed by atoms with van der Waals surface area (Å²) in [4.78, 5) is 13.8. The van der Waals surface area contributed by atoms with E-state index >= 15 is 0 Å². The Bertz CT molecular complexity index is 921. The highest BCUT2D eigenvalue weighted by Crippen LogP contribution is 2.43. The van der Waals surface area contributed by atoms with Gasteiger partial charge in [-0.05, 0) is 55.1 Å². The van der Waals surface area contributed by atoms with Crippen LogP contribution in [0.15, 0.2) is 36.4 Å². The molecule has 0 spiro atoms. The lowest BCUT2D eigenvalue weighted by Crippen LogP contribution is -2.38. The van der Waals surface area contributed by atoms with Crippen LogP contribution in [-0.4, -0.2) is 41.7 Å². The van der Waals surface area contributed by atoms with E-state index in [0.29, 0.717) is 27.4 Å². The molecule has 3 atom stereocenters. The molecule has 2 aromatic rings. The van der Waals surface area contributed by atoms with Gasteiger partial charge in [0.1, 0.15) is 11.9 Å². The molecule has 1 heterocycles.